The summed E-state index contributed by atoms with van der Waals surface area (Å²) in [7, 11) is 0. The molecule has 0 saturated carbocycles. The highest BCUT2D eigenvalue weighted by molar-refractivity contribution is 9.10. The second kappa shape index (κ2) is 5.42. The van der Waals surface area contributed by atoms with Crippen LogP contribution in [-0.2, 0) is 4.74 Å². The first-order chi connectivity index (χ1) is 7.34. The third-order valence-corrected chi connectivity index (χ3v) is 2.81. The van der Waals surface area contributed by atoms with Gasteiger partial charge in [0, 0.05) is 31.6 Å². The van der Waals surface area contributed by atoms with E-state index in [4.69, 9.17) is 4.74 Å². The number of halogens is 1. The molecule has 1 aliphatic rings. The van der Waals surface area contributed by atoms with Gasteiger partial charge in [-0.2, -0.15) is 0 Å². The molecule has 1 saturated heterocycles. The SMILES string of the molecule is Brc1cnc(NC2CCCOCC2)nc1. The maximum atomic E-state index is 5.39. The van der Waals surface area contributed by atoms with E-state index in [-0.39, 0.29) is 0 Å². The van der Waals surface area contributed by atoms with Crippen molar-refractivity contribution in [3.63, 3.8) is 0 Å². The van der Waals surface area contributed by atoms with Crippen molar-refractivity contribution >= 4 is 21.9 Å². The van der Waals surface area contributed by atoms with Crippen LogP contribution in [0.4, 0.5) is 5.95 Å². The largest absolute Gasteiger partial charge is 0.381 e. The quantitative estimate of drug-likeness (QED) is 0.896. The van der Waals surface area contributed by atoms with Crippen LogP contribution in [0.5, 0.6) is 0 Å². The van der Waals surface area contributed by atoms with Crippen molar-refractivity contribution in [2.45, 2.75) is 25.3 Å². The lowest BCUT2D eigenvalue weighted by molar-refractivity contribution is 0.144. The molecular formula is C10H14BrN3O. The van der Waals surface area contributed by atoms with Gasteiger partial charge in [-0.15, -0.1) is 0 Å². The molecule has 2 rings (SSSR count). The van der Waals surface area contributed by atoms with Gasteiger partial charge in [-0.3, -0.25) is 0 Å². The summed E-state index contributed by atoms with van der Waals surface area (Å²) in [5, 5.41) is 3.32. The van der Waals surface area contributed by atoms with Crippen LogP contribution in [0.15, 0.2) is 16.9 Å². The Morgan fingerprint density at radius 2 is 2.07 bits per heavy atom. The minimum atomic E-state index is 0.439. The molecule has 1 atom stereocenters. The lowest BCUT2D eigenvalue weighted by Crippen LogP contribution is -2.20. The molecule has 1 unspecified atom stereocenters. The van der Waals surface area contributed by atoms with E-state index in [9.17, 15) is 0 Å². The molecule has 1 aromatic rings. The van der Waals surface area contributed by atoms with Crippen LogP contribution in [0.2, 0.25) is 0 Å². The zero-order valence-corrected chi connectivity index (χ0v) is 10.0. The van der Waals surface area contributed by atoms with E-state index in [1.807, 2.05) is 0 Å². The number of rotatable bonds is 2. The summed E-state index contributed by atoms with van der Waals surface area (Å²) in [5.74, 6) is 0.699. The van der Waals surface area contributed by atoms with Gasteiger partial charge in [0.25, 0.3) is 0 Å². The summed E-state index contributed by atoms with van der Waals surface area (Å²) < 4.78 is 6.29. The molecule has 1 fully saturated rings. The van der Waals surface area contributed by atoms with Crippen LogP contribution in [-0.4, -0.2) is 29.2 Å². The Kier molecular flexibility index (Phi) is 3.91. The Balaban J connectivity index is 1.92. The van der Waals surface area contributed by atoms with Crippen molar-refractivity contribution in [3.8, 4) is 0 Å². The summed E-state index contributed by atoms with van der Waals surface area (Å²) in [4.78, 5) is 8.39. The monoisotopic (exact) mass is 271 g/mol. The smallest absolute Gasteiger partial charge is 0.222 e. The van der Waals surface area contributed by atoms with E-state index in [2.05, 4.69) is 31.2 Å². The van der Waals surface area contributed by atoms with Crippen LogP contribution >= 0.6 is 15.9 Å². The predicted molar refractivity (Wildman–Crippen MR) is 61.8 cm³/mol. The van der Waals surface area contributed by atoms with E-state index >= 15 is 0 Å². The van der Waals surface area contributed by atoms with Gasteiger partial charge < -0.3 is 10.1 Å². The van der Waals surface area contributed by atoms with Gasteiger partial charge in [0.05, 0.1) is 4.47 Å². The summed E-state index contributed by atoms with van der Waals surface area (Å²) >= 11 is 3.31. The number of hydrogen-bond acceptors (Lipinski definition) is 4. The first-order valence-electron chi connectivity index (χ1n) is 5.16. The normalized spacial score (nSPS) is 22.1. The Hall–Kier alpha value is -0.680. The van der Waals surface area contributed by atoms with E-state index in [1.165, 1.54) is 0 Å². The fourth-order valence-electron chi connectivity index (χ4n) is 1.62. The Labute approximate surface area is 97.6 Å². The average molecular weight is 272 g/mol. The molecule has 2 heterocycles. The highest BCUT2D eigenvalue weighted by atomic mass is 79.9. The van der Waals surface area contributed by atoms with Gasteiger partial charge in [0.2, 0.25) is 5.95 Å². The molecule has 0 spiro atoms. The molecule has 82 valence electrons. The third kappa shape index (κ3) is 3.43. The number of anilines is 1. The molecule has 5 heteroatoms. The third-order valence-electron chi connectivity index (χ3n) is 2.41. The highest BCUT2D eigenvalue weighted by Gasteiger charge is 2.12. The van der Waals surface area contributed by atoms with Gasteiger partial charge in [0.1, 0.15) is 0 Å². The molecule has 0 aromatic carbocycles. The number of nitrogens with zero attached hydrogens (tertiary/aromatic N) is 2. The standard InChI is InChI=1S/C10H14BrN3O/c11-8-6-12-10(13-7-8)14-9-2-1-4-15-5-3-9/h6-7,9H,1-5H2,(H,12,13,14). The van der Waals surface area contributed by atoms with Crippen LogP contribution < -0.4 is 5.32 Å². The van der Waals surface area contributed by atoms with Gasteiger partial charge in [-0.25, -0.2) is 9.97 Å². The summed E-state index contributed by atoms with van der Waals surface area (Å²) in [6.07, 6.45) is 6.76. The molecule has 4 nitrogen and oxygen atoms in total. The number of ether oxygens (including phenoxy) is 1. The summed E-state index contributed by atoms with van der Waals surface area (Å²) in [5.41, 5.74) is 0. The van der Waals surface area contributed by atoms with Crippen LogP contribution in [0.3, 0.4) is 0 Å². The number of aromatic nitrogens is 2. The molecule has 0 aliphatic carbocycles. The first kappa shape index (κ1) is 10.8. The molecule has 0 radical (unpaired) electrons. The van der Waals surface area contributed by atoms with Crippen molar-refractivity contribution in [2.75, 3.05) is 18.5 Å². The lowest BCUT2D eigenvalue weighted by atomic mass is 10.1. The van der Waals surface area contributed by atoms with E-state index in [1.54, 1.807) is 12.4 Å². The minimum Gasteiger partial charge on any atom is -0.381 e. The Bertz CT molecular complexity index is 296. The second-order valence-electron chi connectivity index (χ2n) is 3.61. The van der Waals surface area contributed by atoms with Crippen LogP contribution in [0, 0.1) is 0 Å². The molecule has 0 bridgehead atoms. The van der Waals surface area contributed by atoms with Crippen molar-refractivity contribution in [1.82, 2.24) is 9.97 Å². The zero-order chi connectivity index (χ0) is 10.5. The zero-order valence-electron chi connectivity index (χ0n) is 8.45. The molecule has 15 heavy (non-hydrogen) atoms. The topological polar surface area (TPSA) is 47.0 Å². The number of hydrogen-bond donors (Lipinski definition) is 1. The van der Waals surface area contributed by atoms with Crippen molar-refractivity contribution in [1.29, 1.82) is 0 Å². The molecular weight excluding hydrogens is 258 g/mol. The van der Waals surface area contributed by atoms with Crippen LogP contribution in [0.1, 0.15) is 19.3 Å². The number of nitrogens with one attached hydrogen (secondary N) is 1. The van der Waals surface area contributed by atoms with Crippen molar-refractivity contribution in [2.24, 2.45) is 0 Å². The fourth-order valence-corrected chi connectivity index (χ4v) is 1.82. The Morgan fingerprint density at radius 1 is 1.27 bits per heavy atom. The summed E-state index contributed by atoms with van der Waals surface area (Å²) in [6, 6.07) is 0.439. The molecule has 1 N–H and O–H groups in total. The second-order valence-corrected chi connectivity index (χ2v) is 4.53. The molecule has 1 aromatic heterocycles. The van der Waals surface area contributed by atoms with Crippen LogP contribution in [0.25, 0.3) is 0 Å². The van der Waals surface area contributed by atoms with Gasteiger partial charge in [-0.05, 0) is 35.2 Å². The molecule has 1 aliphatic heterocycles. The van der Waals surface area contributed by atoms with Gasteiger partial charge in [0.15, 0.2) is 0 Å². The minimum absolute atomic E-state index is 0.439. The first-order valence-corrected chi connectivity index (χ1v) is 5.96. The van der Waals surface area contributed by atoms with E-state index in [0.717, 1.165) is 36.9 Å². The average Bonchev–Trinajstić information content (AvgIpc) is 2.50. The maximum absolute atomic E-state index is 5.39. The van der Waals surface area contributed by atoms with E-state index < -0.39 is 0 Å². The van der Waals surface area contributed by atoms with E-state index in [0.29, 0.717) is 12.0 Å². The van der Waals surface area contributed by atoms with Gasteiger partial charge >= 0.3 is 0 Å². The summed E-state index contributed by atoms with van der Waals surface area (Å²) in [6.45, 7) is 1.70. The van der Waals surface area contributed by atoms with Crippen molar-refractivity contribution in [3.05, 3.63) is 16.9 Å². The maximum Gasteiger partial charge on any atom is 0.222 e. The van der Waals surface area contributed by atoms with Gasteiger partial charge in [-0.1, -0.05) is 0 Å². The fraction of sp³-hybridized carbons (Fsp3) is 0.600. The predicted octanol–water partition coefficient (Wildman–Crippen LogP) is 2.22. The Morgan fingerprint density at radius 3 is 2.87 bits per heavy atom. The van der Waals surface area contributed by atoms with Crippen molar-refractivity contribution < 1.29 is 4.74 Å². The molecule has 0 amide bonds. The highest BCUT2D eigenvalue weighted by Crippen LogP contribution is 2.13. The lowest BCUT2D eigenvalue weighted by Gasteiger charge is -2.14.